The molecule has 1 saturated heterocycles. The molecule has 4 heteroatoms. The normalized spacial score (nSPS) is 25.8. The summed E-state index contributed by atoms with van der Waals surface area (Å²) >= 11 is 0. The maximum atomic E-state index is 12.7. The molecule has 0 bridgehead atoms. The van der Waals surface area contributed by atoms with Gasteiger partial charge < -0.3 is 9.47 Å². The van der Waals surface area contributed by atoms with Gasteiger partial charge in [0.05, 0.1) is 0 Å². The van der Waals surface area contributed by atoms with E-state index in [1.165, 1.54) is 6.07 Å². The molecule has 1 heterocycles. The van der Waals surface area contributed by atoms with Gasteiger partial charge >= 0.3 is 0 Å². The van der Waals surface area contributed by atoms with E-state index in [9.17, 15) is 8.78 Å². The number of halogens is 2. The molecule has 0 radical (unpaired) electrons. The first-order chi connectivity index (χ1) is 6.16. The quantitative estimate of drug-likeness (QED) is 0.659. The lowest BCUT2D eigenvalue weighted by atomic mass is 10.3. The van der Waals surface area contributed by atoms with Gasteiger partial charge in [-0.05, 0) is 19.1 Å². The molecule has 1 aromatic carbocycles. The summed E-state index contributed by atoms with van der Waals surface area (Å²) in [6.45, 7) is 1.84. The topological polar surface area (TPSA) is 21.8 Å². The van der Waals surface area contributed by atoms with Gasteiger partial charge in [-0.25, -0.2) is 8.78 Å². The lowest BCUT2D eigenvalue weighted by Crippen LogP contribution is -2.01. The van der Waals surface area contributed by atoms with Crippen LogP contribution in [0.15, 0.2) is 18.2 Å². The number of epoxide rings is 1. The fourth-order valence-electron chi connectivity index (χ4n) is 0.974. The molecule has 0 saturated carbocycles. The van der Waals surface area contributed by atoms with Crippen LogP contribution in [0.1, 0.15) is 6.92 Å². The zero-order chi connectivity index (χ0) is 9.42. The van der Waals surface area contributed by atoms with Crippen molar-refractivity contribution in [2.24, 2.45) is 0 Å². The molecule has 13 heavy (non-hydrogen) atoms. The second-order valence-electron chi connectivity index (χ2n) is 2.90. The minimum atomic E-state index is -0.911. The van der Waals surface area contributed by atoms with Gasteiger partial charge in [-0.1, -0.05) is 0 Å². The van der Waals surface area contributed by atoms with E-state index in [-0.39, 0.29) is 18.1 Å². The Bertz CT molecular complexity index is 327. The van der Waals surface area contributed by atoms with Gasteiger partial charge in [0.25, 0.3) is 0 Å². The summed E-state index contributed by atoms with van der Waals surface area (Å²) in [4.78, 5) is 0. The van der Waals surface area contributed by atoms with E-state index in [2.05, 4.69) is 0 Å². The molecule has 1 aliphatic heterocycles. The molecule has 0 N–H and O–H groups in total. The summed E-state index contributed by atoms with van der Waals surface area (Å²) in [5.41, 5.74) is 0. The summed E-state index contributed by atoms with van der Waals surface area (Å²) in [5, 5.41) is 0. The van der Waals surface area contributed by atoms with Crippen molar-refractivity contribution >= 4 is 0 Å². The number of ether oxygens (including phenoxy) is 2. The maximum Gasteiger partial charge on any atom is 0.226 e. The summed E-state index contributed by atoms with van der Waals surface area (Å²) in [7, 11) is 0. The Kier molecular flexibility index (Phi) is 1.92. The third-order valence-electron chi connectivity index (χ3n) is 1.80. The molecule has 70 valence electrons. The van der Waals surface area contributed by atoms with Crippen LogP contribution in [0, 0.1) is 11.6 Å². The van der Waals surface area contributed by atoms with Crippen molar-refractivity contribution in [3.8, 4) is 5.75 Å². The largest absolute Gasteiger partial charge is 0.462 e. The van der Waals surface area contributed by atoms with Crippen molar-refractivity contribution in [1.82, 2.24) is 0 Å². The van der Waals surface area contributed by atoms with Gasteiger partial charge in [0, 0.05) is 6.07 Å². The fourth-order valence-corrected chi connectivity index (χ4v) is 0.974. The van der Waals surface area contributed by atoms with Crippen molar-refractivity contribution < 1.29 is 18.3 Å². The van der Waals surface area contributed by atoms with Gasteiger partial charge in [0.15, 0.2) is 11.6 Å². The van der Waals surface area contributed by atoms with E-state index in [1.54, 1.807) is 0 Å². The molecular weight excluding hydrogens is 178 g/mol. The molecule has 1 aliphatic rings. The molecule has 2 rings (SSSR count). The Balaban J connectivity index is 2.08. The zero-order valence-electron chi connectivity index (χ0n) is 6.96. The molecule has 1 aromatic rings. The first-order valence-electron chi connectivity index (χ1n) is 3.94. The minimum Gasteiger partial charge on any atom is -0.462 e. The van der Waals surface area contributed by atoms with Crippen molar-refractivity contribution in [3.05, 3.63) is 29.8 Å². The number of benzene rings is 1. The number of hydrogen-bond acceptors (Lipinski definition) is 2. The van der Waals surface area contributed by atoms with Crippen LogP contribution in [0.3, 0.4) is 0 Å². The Hall–Kier alpha value is -1.16. The summed E-state index contributed by atoms with van der Waals surface area (Å²) in [6.07, 6.45) is -0.280. The number of rotatable bonds is 2. The average molecular weight is 186 g/mol. The molecule has 1 fully saturated rings. The fraction of sp³-hybridized carbons (Fsp3) is 0.333. The van der Waals surface area contributed by atoms with Crippen molar-refractivity contribution in [2.75, 3.05) is 0 Å². The average Bonchev–Trinajstić information content (AvgIpc) is 2.75. The van der Waals surface area contributed by atoms with Crippen LogP contribution in [0.4, 0.5) is 8.78 Å². The Morgan fingerprint density at radius 1 is 1.31 bits per heavy atom. The smallest absolute Gasteiger partial charge is 0.226 e. The van der Waals surface area contributed by atoms with E-state index in [0.29, 0.717) is 0 Å². The lowest BCUT2D eigenvalue weighted by molar-refractivity contribution is 0.178. The van der Waals surface area contributed by atoms with Crippen LogP contribution in [0.25, 0.3) is 0 Å². The molecule has 0 aromatic heterocycles. The second kappa shape index (κ2) is 2.96. The first kappa shape index (κ1) is 8.44. The Morgan fingerprint density at radius 3 is 2.54 bits per heavy atom. The van der Waals surface area contributed by atoms with Gasteiger partial charge in [-0.2, -0.15) is 0 Å². The van der Waals surface area contributed by atoms with Crippen LogP contribution in [-0.4, -0.2) is 12.4 Å². The second-order valence-corrected chi connectivity index (χ2v) is 2.90. The van der Waals surface area contributed by atoms with Crippen LogP contribution >= 0.6 is 0 Å². The summed E-state index contributed by atoms with van der Waals surface area (Å²) < 4.78 is 35.2. The standard InChI is InChI=1S/C9H8F2O2/c1-5-9(12-5)13-6-2-3-7(10)8(11)4-6/h2-5,9H,1H3. The molecule has 0 spiro atoms. The molecule has 0 aliphatic carbocycles. The van der Waals surface area contributed by atoms with E-state index in [4.69, 9.17) is 9.47 Å². The predicted molar refractivity (Wildman–Crippen MR) is 41.3 cm³/mol. The Morgan fingerprint density at radius 2 is 2.00 bits per heavy atom. The maximum absolute atomic E-state index is 12.7. The lowest BCUT2D eigenvalue weighted by Gasteiger charge is -2.01. The number of hydrogen-bond donors (Lipinski definition) is 0. The summed E-state index contributed by atoms with van der Waals surface area (Å²) in [5.74, 6) is -1.50. The molecule has 0 amide bonds. The van der Waals surface area contributed by atoms with E-state index < -0.39 is 11.6 Å². The monoisotopic (exact) mass is 186 g/mol. The van der Waals surface area contributed by atoms with Crippen LogP contribution in [-0.2, 0) is 4.74 Å². The molecule has 2 atom stereocenters. The molecule has 2 unspecified atom stereocenters. The van der Waals surface area contributed by atoms with Crippen LogP contribution < -0.4 is 4.74 Å². The van der Waals surface area contributed by atoms with Crippen LogP contribution in [0.5, 0.6) is 5.75 Å². The highest BCUT2D eigenvalue weighted by Crippen LogP contribution is 2.26. The van der Waals surface area contributed by atoms with Crippen molar-refractivity contribution in [2.45, 2.75) is 19.3 Å². The minimum absolute atomic E-state index is 0.0353. The zero-order valence-corrected chi connectivity index (χ0v) is 6.96. The predicted octanol–water partition coefficient (Wildman–Crippen LogP) is 2.09. The van der Waals surface area contributed by atoms with Gasteiger partial charge in [0.1, 0.15) is 11.9 Å². The first-order valence-corrected chi connectivity index (χ1v) is 3.94. The van der Waals surface area contributed by atoms with E-state index >= 15 is 0 Å². The third-order valence-corrected chi connectivity index (χ3v) is 1.80. The van der Waals surface area contributed by atoms with E-state index in [1.807, 2.05) is 6.92 Å². The van der Waals surface area contributed by atoms with Gasteiger partial charge in [-0.3, -0.25) is 0 Å². The summed E-state index contributed by atoms with van der Waals surface area (Å²) in [6, 6.07) is 3.40. The SMILES string of the molecule is CC1OC1Oc1ccc(F)c(F)c1. The van der Waals surface area contributed by atoms with Crippen LogP contribution in [0.2, 0.25) is 0 Å². The highest BCUT2D eigenvalue weighted by Gasteiger charge is 2.36. The highest BCUT2D eigenvalue weighted by atomic mass is 19.2. The third kappa shape index (κ3) is 1.78. The Labute approximate surface area is 74.1 Å². The van der Waals surface area contributed by atoms with Crippen molar-refractivity contribution in [1.29, 1.82) is 0 Å². The molecule has 2 nitrogen and oxygen atoms in total. The van der Waals surface area contributed by atoms with Gasteiger partial charge in [-0.15, -0.1) is 0 Å². The van der Waals surface area contributed by atoms with E-state index in [0.717, 1.165) is 12.1 Å². The highest BCUT2D eigenvalue weighted by molar-refractivity contribution is 5.24. The van der Waals surface area contributed by atoms with Gasteiger partial charge in [0.2, 0.25) is 6.29 Å². The van der Waals surface area contributed by atoms with Crippen molar-refractivity contribution in [3.63, 3.8) is 0 Å². The molecular formula is C9H8F2O2.